The van der Waals surface area contributed by atoms with Crippen molar-refractivity contribution in [1.82, 2.24) is 4.90 Å². The van der Waals surface area contributed by atoms with Crippen molar-refractivity contribution >= 4 is 11.6 Å². The van der Waals surface area contributed by atoms with Crippen LogP contribution in [0.4, 0.5) is 5.69 Å². The molecule has 1 unspecified atom stereocenters. The van der Waals surface area contributed by atoms with Gasteiger partial charge in [0, 0.05) is 18.7 Å². The summed E-state index contributed by atoms with van der Waals surface area (Å²) in [6.07, 6.45) is 4.01. The van der Waals surface area contributed by atoms with E-state index in [2.05, 4.69) is 29.3 Å². The number of anilines is 1. The summed E-state index contributed by atoms with van der Waals surface area (Å²) in [4.78, 5) is 14.3. The van der Waals surface area contributed by atoms with Crippen LogP contribution in [0.1, 0.15) is 38.2 Å². The fourth-order valence-electron chi connectivity index (χ4n) is 2.61. The average molecular weight is 289 g/mol. The molecular weight excluding hydrogens is 262 g/mol. The molecule has 1 fully saturated rings. The number of likely N-dealkylation sites (tertiary alicyclic amines) is 1. The van der Waals surface area contributed by atoms with Crippen molar-refractivity contribution < 1.29 is 4.79 Å². The van der Waals surface area contributed by atoms with Gasteiger partial charge in [0.15, 0.2) is 0 Å². The first-order chi connectivity index (χ1) is 10.2. The van der Waals surface area contributed by atoms with Gasteiger partial charge in [0.2, 0.25) is 5.91 Å². The molecular formula is C17H27N3O. The molecule has 0 saturated carbocycles. The molecule has 0 aliphatic carbocycles. The first-order valence-electron chi connectivity index (χ1n) is 7.98. The number of nitrogens with two attached hydrogens (primary N) is 1. The fraction of sp³-hybridized carbons (Fsp3) is 0.588. The predicted molar refractivity (Wildman–Crippen MR) is 87.0 cm³/mol. The SMILES string of the molecule is CC(CN)CCC(=O)Nc1ccc(CN2CCCC2)cc1. The van der Waals surface area contributed by atoms with Crippen molar-refractivity contribution in [2.24, 2.45) is 11.7 Å². The Morgan fingerprint density at radius 2 is 1.95 bits per heavy atom. The van der Waals surface area contributed by atoms with E-state index in [0.29, 0.717) is 18.9 Å². The fourth-order valence-corrected chi connectivity index (χ4v) is 2.61. The van der Waals surface area contributed by atoms with Crippen LogP contribution >= 0.6 is 0 Å². The zero-order valence-electron chi connectivity index (χ0n) is 13.0. The highest BCUT2D eigenvalue weighted by Crippen LogP contribution is 2.15. The maximum atomic E-state index is 11.8. The third-order valence-corrected chi connectivity index (χ3v) is 4.11. The van der Waals surface area contributed by atoms with E-state index in [4.69, 9.17) is 5.73 Å². The number of rotatable bonds is 7. The Hall–Kier alpha value is -1.39. The van der Waals surface area contributed by atoms with Gasteiger partial charge in [0.05, 0.1) is 0 Å². The van der Waals surface area contributed by atoms with Gasteiger partial charge in [-0.05, 0) is 62.5 Å². The molecule has 4 heteroatoms. The van der Waals surface area contributed by atoms with Gasteiger partial charge in [-0.15, -0.1) is 0 Å². The molecule has 1 amide bonds. The minimum atomic E-state index is 0.0718. The first-order valence-corrected chi connectivity index (χ1v) is 7.98. The lowest BCUT2D eigenvalue weighted by atomic mass is 10.1. The summed E-state index contributed by atoms with van der Waals surface area (Å²) in [6, 6.07) is 8.21. The number of nitrogens with one attached hydrogen (secondary N) is 1. The van der Waals surface area contributed by atoms with Crippen LogP contribution in [-0.4, -0.2) is 30.4 Å². The van der Waals surface area contributed by atoms with Crippen molar-refractivity contribution in [1.29, 1.82) is 0 Å². The molecule has 0 aromatic heterocycles. The average Bonchev–Trinajstić information content (AvgIpc) is 3.00. The summed E-state index contributed by atoms with van der Waals surface area (Å²) < 4.78 is 0. The lowest BCUT2D eigenvalue weighted by Gasteiger charge is -2.15. The van der Waals surface area contributed by atoms with Crippen molar-refractivity contribution in [2.75, 3.05) is 25.0 Å². The van der Waals surface area contributed by atoms with Crippen LogP contribution in [0.25, 0.3) is 0 Å². The smallest absolute Gasteiger partial charge is 0.224 e. The van der Waals surface area contributed by atoms with Gasteiger partial charge >= 0.3 is 0 Å². The molecule has 0 radical (unpaired) electrons. The highest BCUT2D eigenvalue weighted by Gasteiger charge is 2.11. The standard InChI is InChI=1S/C17H27N3O/c1-14(12-18)4-9-17(21)19-16-7-5-15(6-8-16)13-20-10-2-3-11-20/h5-8,14H,2-4,9-13,18H2,1H3,(H,19,21). The Labute approximate surface area is 127 Å². The van der Waals surface area contributed by atoms with E-state index in [1.807, 2.05) is 12.1 Å². The monoisotopic (exact) mass is 289 g/mol. The maximum Gasteiger partial charge on any atom is 0.224 e. The molecule has 1 saturated heterocycles. The van der Waals surface area contributed by atoms with E-state index in [-0.39, 0.29) is 5.91 Å². The number of hydrogen-bond donors (Lipinski definition) is 2. The molecule has 1 atom stereocenters. The van der Waals surface area contributed by atoms with Crippen LogP contribution in [0.15, 0.2) is 24.3 Å². The highest BCUT2D eigenvalue weighted by atomic mass is 16.1. The Balaban J connectivity index is 1.77. The Morgan fingerprint density at radius 1 is 1.29 bits per heavy atom. The third kappa shape index (κ3) is 5.48. The van der Waals surface area contributed by atoms with E-state index < -0.39 is 0 Å². The second-order valence-electron chi connectivity index (χ2n) is 6.11. The number of nitrogens with zero attached hydrogens (tertiary/aromatic N) is 1. The maximum absolute atomic E-state index is 11.8. The van der Waals surface area contributed by atoms with Gasteiger partial charge in [-0.2, -0.15) is 0 Å². The summed E-state index contributed by atoms with van der Waals surface area (Å²) >= 11 is 0. The van der Waals surface area contributed by atoms with E-state index in [0.717, 1.165) is 18.7 Å². The molecule has 1 aliphatic heterocycles. The molecule has 1 aromatic carbocycles. The number of hydrogen-bond acceptors (Lipinski definition) is 3. The quantitative estimate of drug-likeness (QED) is 0.811. The second-order valence-corrected chi connectivity index (χ2v) is 6.11. The summed E-state index contributed by atoms with van der Waals surface area (Å²) in [6.45, 7) is 6.14. The van der Waals surface area contributed by atoms with Gasteiger partial charge < -0.3 is 11.1 Å². The Morgan fingerprint density at radius 3 is 2.57 bits per heavy atom. The highest BCUT2D eigenvalue weighted by molar-refractivity contribution is 5.90. The van der Waals surface area contributed by atoms with Crippen molar-refractivity contribution in [3.05, 3.63) is 29.8 Å². The van der Waals surface area contributed by atoms with E-state index in [9.17, 15) is 4.79 Å². The van der Waals surface area contributed by atoms with E-state index >= 15 is 0 Å². The van der Waals surface area contributed by atoms with E-state index in [1.54, 1.807) is 0 Å². The predicted octanol–water partition coefficient (Wildman–Crippen LogP) is 2.60. The van der Waals surface area contributed by atoms with Crippen molar-refractivity contribution in [2.45, 2.75) is 39.2 Å². The molecule has 0 bridgehead atoms. The molecule has 3 N–H and O–H groups in total. The van der Waals surface area contributed by atoms with Crippen LogP contribution in [0.3, 0.4) is 0 Å². The third-order valence-electron chi connectivity index (χ3n) is 4.11. The molecule has 116 valence electrons. The number of amides is 1. The minimum absolute atomic E-state index is 0.0718. The van der Waals surface area contributed by atoms with Crippen LogP contribution < -0.4 is 11.1 Å². The van der Waals surface area contributed by atoms with E-state index in [1.165, 1.54) is 31.5 Å². The zero-order valence-corrected chi connectivity index (χ0v) is 13.0. The first kappa shape index (κ1) is 16.0. The summed E-state index contributed by atoms with van der Waals surface area (Å²) in [5.41, 5.74) is 7.75. The lowest BCUT2D eigenvalue weighted by molar-refractivity contribution is -0.116. The van der Waals surface area contributed by atoms with Crippen LogP contribution in [0.2, 0.25) is 0 Å². The lowest BCUT2D eigenvalue weighted by Crippen LogP contribution is -2.18. The van der Waals surface area contributed by atoms with Gasteiger partial charge in [-0.25, -0.2) is 0 Å². The van der Waals surface area contributed by atoms with Crippen LogP contribution in [0, 0.1) is 5.92 Å². The molecule has 4 nitrogen and oxygen atoms in total. The number of carbonyl (C=O) groups is 1. The van der Waals surface area contributed by atoms with Crippen LogP contribution in [0.5, 0.6) is 0 Å². The molecule has 0 spiro atoms. The van der Waals surface area contributed by atoms with Gasteiger partial charge in [-0.1, -0.05) is 19.1 Å². The zero-order chi connectivity index (χ0) is 15.1. The summed E-state index contributed by atoms with van der Waals surface area (Å²) in [5.74, 6) is 0.473. The second kappa shape index (κ2) is 8.15. The normalized spacial score (nSPS) is 16.9. The molecule has 1 aromatic rings. The number of benzene rings is 1. The van der Waals surface area contributed by atoms with Gasteiger partial charge in [-0.3, -0.25) is 9.69 Å². The van der Waals surface area contributed by atoms with Crippen molar-refractivity contribution in [3.8, 4) is 0 Å². The topological polar surface area (TPSA) is 58.4 Å². The molecule has 2 rings (SSSR count). The number of carbonyl (C=O) groups excluding carboxylic acids is 1. The van der Waals surface area contributed by atoms with Crippen molar-refractivity contribution in [3.63, 3.8) is 0 Å². The molecule has 1 aliphatic rings. The molecule has 21 heavy (non-hydrogen) atoms. The molecule has 1 heterocycles. The van der Waals surface area contributed by atoms with Crippen LogP contribution in [-0.2, 0) is 11.3 Å². The largest absolute Gasteiger partial charge is 0.330 e. The van der Waals surface area contributed by atoms with Gasteiger partial charge in [0.1, 0.15) is 0 Å². The Kier molecular flexibility index (Phi) is 6.21. The van der Waals surface area contributed by atoms with Gasteiger partial charge in [0.25, 0.3) is 0 Å². The minimum Gasteiger partial charge on any atom is -0.330 e. The summed E-state index contributed by atoms with van der Waals surface area (Å²) in [5, 5.41) is 2.95. The summed E-state index contributed by atoms with van der Waals surface area (Å²) in [7, 11) is 0. The Bertz CT molecular complexity index is 438.